The first-order chi connectivity index (χ1) is 8.83. The molecule has 0 spiro atoms. The Balaban J connectivity index is 2.20. The van der Waals surface area contributed by atoms with Crippen LogP contribution in [0.25, 0.3) is 16.7 Å². The van der Waals surface area contributed by atoms with Gasteiger partial charge in [0.15, 0.2) is 5.82 Å². The number of aromatic nitrogens is 4. The highest BCUT2D eigenvalue weighted by Crippen LogP contribution is 2.27. The van der Waals surface area contributed by atoms with Crippen molar-refractivity contribution in [2.24, 2.45) is 0 Å². The molecule has 6 nitrogen and oxygen atoms in total. The monoisotopic (exact) mass is 244 g/mol. The van der Waals surface area contributed by atoms with E-state index in [4.69, 9.17) is 9.84 Å². The van der Waals surface area contributed by atoms with Gasteiger partial charge in [-0.15, -0.1) is 0 Å². The molecule has 6 heteroatoms. The van der Waals surface area contributed by atoms with Gasteiger partial charge in [0.25, 0.3) is 0 Å². The number of hydrogen-bond donors (Lipinski definition) is 2. The maximum Gasteiger partial charge on any atom is 0.178 e. The molecule has 0 atom stereocenters. The van der Waals surface area contributed by atoms with Crippen LogP contribution in [-0.4, -0.2) is 32.0 Å². The van der Waals surface area contributed by atoms with Crippen LogP contribution in [0.5, 0.6) is 5.75 Å². The van der Waals surface area contributed by atoms with Gasteiger partial charge in [-0.2, -0.15) is 5.10 Å². The van der Waals surface area contributed by atoms with Crippen molar-refractivity contribution in [3.63, 3.8) is 0 Å². The minimum atomic E-state index is -0.0863. The minimum absolute atomic E-state index is 0.0863. The van der Waals surface area contributed by atoms with E-state index < -0.39 is 0 Å². The summed E-state index contributed by atoms with van der Waals surface area (Å²) < 4.78 is 6.88. The summed E-state index contributed by atoms with van der Waals surface area (Å²) in [5.41, 5.74) is 1.45. The number of aliphatic hydroxyl groups is 1. The maximum absolute atomic E-state index is 9.03. The number of aliphatic hydroxyl groups excluding tert-OH is 1. The second-order valence-electron chi connectivity index (χ2n) is 3.83. The van der Waals surface area contributed by atoms with E-state index in [1.165, 1.54) is 0 Å². The van der Waals surface area contributed by atoms with Crippen molar-refractivity contribution in [3.05, 3.63) is 36.4 Å². The van der Waals surface area contributed by atoms with Crippen molar-refractivity contribution in [1.29, 1.82) is 0 Å². The van der Waals surface area contributed by atoms with E-state index >= 15 is 0 Å². The highest BCUT2D eigenvalue weighted by molar-refractivity contribution is 5.90. The van der Waals surface area contributed by atoms with Crippen LogP contribution in [0.15, 0.2) is 30.7 Å². The lowest BCUT2D eigenvalue weighted by molar-refractivity contribution is 0.276. The molecular weight excluding hydrogens is 232 g/mol. The fraction of sp³-hybridized carbons (Fsp3) is 0.167. The van der Waals surface area contributed by atoms with Crippen LogP contribution in [0.3, 0.4) is 0 Å². The fourth-order valence-electron chi connectivity index (χ4n) is 1.91. The standard InChI is InChI=1S/C12H12N4O2/c1-18-10-6-14-12(11-9(10)2-4-13-11)16-5-3-8(7-17)15-16/h2-6,13,17H,7H2,1H3. The molecule has 0 fully saturated rings. The number of aromatic amines is 1. The molecule has 0 bridgehead atoms. The highest BCUT2D eigenvalue weighted by atomic mass is 16.5. The summed E-state index contributed by atoms with van der Waals surface area (Å²) in [6, 6.07) is 3.68. The first-order valence-corrected chi connectivity index (χ1v) is 5.49. The van der Waals surface area contributed by atoms with E-state index in [2.05, 4.69) is 15.1 Å². The quantitative estimate of drug-likeness (QED) is 0.727. The number of pyridine rings is 1. The van der Waals surface area contributed by atoms with Crippen molar-refractivity contribution in [2.45, 2.75) is 6.61 Å². The van der Waals surface area contributed by atoms with Crippen LogP contribution >= 0.6 is 0 Å². The van der Waals surface area contributed by atoms with Gasteiger partial charge in [-0.3, -0.25) is 0 Å². The molecule has 18 heavy (non-hydrogen) atoms. The van der Waals surface area contributed by atoms with Gasteiger partial charge in [-0.25, -0.2) is 9.67 Å². The third-order valence-corrected chi connectivity index (χ3v) is 2.78. The molecule has 0 radical (unpaired) electrons. The Bertz CT molecular complexity index is 686. The average Bonchev–Trinajstić information content (AvgIpc) is 3.06. The molecule has 0 saturated heterocycles. The molecule has 3 aromatic heterocycles. The molecule has 2 N–H and O–H groups in total. The molecule has 0 aliphatic heterocycles. The second-order valence-corrected chi connectivity index (χ2v) is 3.83. The molecule has 0 amide bonds. The summed E-state index contributed by atoms with van der Waals surface area (Å²) in [5, 5.41) is 14.2. The van der Waals surface area contributed by atoms with Crippen LogP contribution in [0, 0.1) is 0 Å². The Morgan fingerprint density at radius 1 is 1.44 bits per heavy atom. The zero-order valence-corrected chi connectivity index (χ0v) is 9.79. The van der Waals surface area contributed by atoms with Gasteiger partial charge in [0.1, 0.15) is 5.75 Å². The van der Waals surface area contributed by atoms with Gasteiger partial charge < -0.3 is 14.8 Å². The summed E-state index contributed by atoms with van der Waals surface area (Å²) in [7, 11) is 1.61. The zero-order valence-electron chi connectivity index (χ0n) is 9.79. The van der Waals surface area contributed by atoms with Gasteiger partial charge in [-0.1, -0.05) is 0 Å². The molecule has 3 rings (SSSR count). The lowest BCUT2D eigenvalue weighted by atomic mass is 10.3. The SMILES string of the molecule is COc1cnc(-n2ccc(CO)n2)c2[nH]ccc12. The number of fused-ring (bicyclic) bond motifs is 1. The molecule has 0 aliphatic carbocycles. The summed E-state index contributed by atoms with van der Waals surface area (Å²) in [6.45, 7) is -0.0863. The predicted molar refractivity (Wildman–Crippen MR) is 65.7 cm³/mol. The molecule has 0 aliphatic rings. The van der Waals surface area contributed by atoms with Crippen molar-refractivity contribution in [1.82, 2.24) is 19.7 Å². The molecular formula is C12H12N4O2. The lowest BCUT2D eigenvalue weighted by Crippen LogP contribution is -2.01. The summed E-state index contributed by atoms with van der Waals surface area (Å²) in [4.78, 5) is 7.45. The number of nitrogens with zero attached hydrogens (tertiary/aromatic N) is 3. The predicted octanol–water partition coefficient (Wildman–Crippen LogP) is 1.25. The normalized spacial score (nSPS) is 11.0. The van der Waals surface area contributed by atoms with Crippen molar-refractivity contribution in [3.8, 4) is 11.6 Å². The number of hydrogen-bond acceptors (Lipinski definition) is 4. The third kappa shape index (κ3) is 1.54. The third-order valence-electron chi connectivity index (χ3n) is 2.78. The number of methoxy groups -OCH3 is 1. The van der Waals surface area contributed by atoms with Crippen LogP contribution in [0.4, 0.5) is 0 Å². The van der Waals surface area contributed by atoms with E-state index in [-0.39, 0.29) is 6.61 Å². The molecule has 92 valence electrons. The van der Waals surface area contributed by atoms with Crippen LogP contribution < -0.4 is 4.74 Å². The first kappa shape index (κ1) is 10.8. The van der Waals surface area contributed by atoms with Crippen LogP contribution in [0.1, 0.15) is 5.69 Å². The number of rotatable bonds is 3. The number of nitrogens with one attached hydrogen (secondary N) is 1. The van der Waals surface area contributed by atoms with Crippen molar-refractivity contribution >= 4 is 10.9 Å². The van der Waals surface area contributed by atoms with Gasteiger partial charge in [0.05, 0.1) is 31.1 Å². The zero-order chi connectivity index (χ0) is 12.5. The van der Waals surface area contributed by atoms with Crippen molar-refractivity contribution in [2.75, 3.05) is 7.11 Å². The van der Waals surface area contributed by atoms with Gasteiger partial charge in [-0.05, 0) is 12.1 Å². The van der Waals surface area contributed by atoms with Gasteiger partial charge in [0.2, 0.25) is 0 Å². The summed E-state index contributed by atoms with van der Waals surface area (Å²) in [6.07, 6.45) is 5.25. The Kier molecular flexibility index (Phi) is 2.49. The smallest absolute Gasteiger partial charge is 0.178 e. The highest BCUT2D eigenvalue weighted by Gasteiger charge is 2.11. The molecule has 3 heterocycles. The van der Waals surface area contributed by atoms with Crippen molar-refractivity contribution < 1.29 is 9.84 Å². The molecule has 0 aromatic carbocycles. The van der Waals surface area contributed by atoms with E-state index in [0.717, 1.165) is 10.9 Å². The fourth-order valence-corrected chi connectivity index (χ4v) is 1.91. The van der Waals surface area contributed by atoms with Crippen LogP contribution in [-0.2, 0) is 6.61 Å². The first-order valence-electron chi connectivity index (χ1n) is 5.49. The molecule has 3 aromatic rings. The lowest BCUT2D eigenvalue weighted by Gasteiger charge is -2.05. The number of ether oxygens (including phenoxy) is 1. The van der Waals surface area contributed by atoms with E-state index in [1.54, 1.807) is 30.3 Å². The van der Waals surface area contributed by atoms with Crippen LogP contribution in [0.2, 0.25) is 0 Å². The summed E-state index contributed by atoms with van der Waals surface area (Å²) in [5.74, 6) is 1.39. The maximum atomic E-state index is 9.03. The van der Waals surface area contributed by atoms with Gasteiger partial charge >= 0.3 is 0 Å². The Morgan fingerprint density at radius 3 is 3.06 bits per heavy atom. The van der Waals surface area contributed by atoms with Gasteiger partial charge in [0, 0.05) is 17.8 Å². The van der Waals surface area contributed by atoms with E-state index in [0.29, 0.717) is 17.3 Å². The molecule has 0 unspecified atom stereocenters. The second kappa shape index (κ2) is 4.15. The Hall–Kier alpha value is -2.34. The Labute approximate surface area is 103 Å². The average molecular weight is 244 g/mol. The Morgan fingerprint density at radius 2 is 2.33 bits per heavy atom. The van der Waals surface area contributed by atoms with E-state index in [9.17, 15) is 0 Å². The topological polar surface area (TPSA) is 76.0 Å². The summed E-state index contributed by atoms with van der Waals surface area (Å²) >= 11 is 0. The number of H-pyrrole nitrogens is 1. The minimum Gasteiger partial charge on any atom is -0.494 e. The largest absolute Gasteiger partial charge is 0.494 e. The van der Waals surface area contributed by atoms with E-state index in [1.807, 2.05) is 12.3 Å². The molecule has 0 saturated carbocycles.